The van der Waals surface area contributed by atoms with Crippen molar-refractivity contribution in [2.45, 2.75) is 5.92 Å². The summed E-state index contributed by atoms with van der Waals surface area (Å²) in [7, 11) is 0. The van der Waals surface area contributed by atoms with Crippen molar-refractivity contribution in [3.05, 3.63) is 65.5 Å². The monoisotopic (exact) mass is 284 g/mol. The molecular formula is C16H13FN2O2. The fourth-order valence-electron chi connectivity index (χ4n) is 2.62. The normalized spacial score (nSPS) is 16.6. The summed E-state index contributed by atoms with van der Waals surface area (Å²) in [6, 6.07) is 12.8. The first kappa shape index (κ1) is 13.3. The van der Waals surface area contributed by atoms with Gasteiger partial charge in [-0.25, -0.2) is 4.39 Å². The molecule has 0 saturated heterocycles. The molecular weight excluding hydrogens is 271 g/mol. The lowest BCUT2D eigenvalue weighted by atomic mass is 10.0. The highest BCUT2D eigenvalue weighted by Crippen LogP contribution is 2.36. The molecule has 2 aromatic carbocycles. The number of para-hydroxylation sites is 1. The average Bonchev–Trinajstić information content (AvgIpc) is 2.87. The van der Waals surface area contributed by atoms with E-state index in [1.54, 1.807) is 30.3 Å². The number of carbonyl (C=O) groups excluding carboxylic acids is 2. The fraction of sp³-hybridized carbons (Fsp3) is 0.125. The van der Waals surface area contributed by atoms with Crippen LogP contribution in [0.25, 0.3) is 0 Å². The molecule has 0 aromatic heterocycles. The van der Waals surface area contributed by atoms with Gasteiger partial charge in [-0.1, -0.05) is 30.3 Å². The molecule has 0 aliphatic carbocycles. The Morgan fingerprint density at radius 1 is 1.10 bits per heavy atom. The van der Waals surface area contributed by atoms with Crippen molar-refractivity contribution in [1.82, 2.24) is 0 Å². The lowest BCUT2D eigenvalue weighted by Crippen LogP contribution is -2.33. The van der Waals surface area contributed by atoms with E-state index < -0.39 is 23.5 Å². The number of fused-ring (bicyclic) bond motifs is 1. The maximum atomic E-state index is 13.8. The Morgan fingerprint density at radius 2 is 1.76 bits per heavy atom. The number of anilines is 1. The van der Waals surface area contributed by atoms with Crippen LogP contribution in [0.5, 0.6) is 0 Å². The largest absolute Gasteiger partial charge is 0.369 e. The van der Waals surface area contributed by atoms with Gasteiger partial charge in [0, 0.05) is 12.2 Å². The van der Waals surface area contributed by atoms with Crippen LogP contribution in [0, 0.1) is 5.82 Å². The quantitative estimate of drug-likeness (QED) is 0.917. The van der Waals surface area contributed by atoms with E-state index >= 15 is 0 Å². The van der Waals surface area contributed by atoms with Crippen LogP contribution in [0.2, 0.25) is 0 Å². The topological polar surface area (TPSA) is 63.4 Å². The summed E-state index contributed by atoms with van der Waals surface area (Å²) in [6.45, 7) is 0.141. The Labute approximate surface area is 121 Å². The molecule has 2 aromatic rings. The van der Waals surface area contributed by atoms with Crippen molar-refractivity contribution in [2.75, 3.05) is 11.4 Å². The molecule has 1 aliphatic rings. The van der Waals surface area contributed by atoms with Gasteiger partial charge in [-0.05, 0) is 23.8 Å². The summed E-state index contributed by atoms with van der Waals surface area (Å²) in [4.78, 5) is 25.5. The molecule has 1 unspecified atom stereocenters. The van der Waals surface area contributed by atoms with Gasteiger partial charge in [-0.2, -0.15) is 0 Å². The number of carbonyl (C=O) groups is 2. The lowest BCUT2D eigenvalue weighted by Gasteiger charge is -2.17. The first-order valence-electron chi connectivity index (χ1n) is 6.54. The molecule has 0 fully saturated rings. The maximum absolute atomic E-state index is 13.8. The van der Waals surface area contributed by atoms with Crippen molar-refractivity contribution in [1.29, 1.82) is 0 Å². The van der Waals surface area contributed by atoms with Crippen molar-refractivity contribution in [3.63, 3.8) is 0 Å². The van der Waals surface area contributed by atoms with Gasteiger partial charge in [0.05, 0.1) is 11.5 Å². The molecule has 0 bridgehead atoms. The van der Waals surface area contributed by atoms with Crippen LogP contribution in [-0.4, -0.2) is 18.4 Å². The first-order valence-corrected chi connectivity index (χ1v) is 6.54. The number of hydrogen-bond donors (Lipinski definition) is 1. The number of amides is 2. The number of primary amides is 1. The molecule has 0 spiro atoms. The molecule has 3 rings (SSSR count). The summed E-state index contributed by atoms with van der Waals surface area (Å²) in [5, 5.41) is 0. The Bertz CT molecular complexity index is 730. The third-order valence-electron chi connectivity index (χ3n) is 3.66. The van der Waals surface area contributed by atoms with Gasteiger partial charge in [0.2, 0.25) is 5.91 Å². The van der Waals surface area contributed by atoms with Gasteiger partial charge in [0.25, 0.3) is 5.91 Å². The number of nitrogens with two attached hydrogens (primary N) is 1. The van der Waals surface area contributed by atoms with Crippen LogP contribution in [0.1, 0.15) is 21.8 Å². The van der Waals surface area contributed by atoms with Crippen molar-refractivity contribution in [2.24, 2.45) is 5.73 Å². The van der Waals surface area contributed by atoms with E-state index in [2.05, 4.69) is 0 Å². The third kappa shape index (κ3) is 2.16. The molecule has 106 valence electrons. The molecule has 0 radical (unpaired) electrons. The number of benzene rings is 2. The van der Waals surface area contributed by atoms with Gasteiger partial charge < -0.3 is 10.6 Å². The van der Waals surface area contributed by atoms with Crippen molar-refractivity contribution in [3.8, 4) is 0 Å². The number of hydrogen-bond acceptors (Lipinski definition) is 2. The van der Waals surface area contributed by atoms with E-state index in [4.69, 9.17) is 5.73 Å². The van der Waals surface area contributed by atoms with Crippen LogP contribution >= 0.6 is 0 Å². The number of halogens is 1. The van der Waals surface area contributed by atoms with Crippen molar-refractivity contribution >= 4 is 17.5 Å². The zero-order chi connectivity index (χ0) is 15.0. The van der Waals surface area contributed by atoms with E-state index in [1.165, 1.54) is 23.1 Å². The number of rotatable bonds is 2. The minimum Gasteiger partial charge on any atom is -0.369 e. The zero-order valence-corrected chi connectivity index (χ0v) is 11.1. The summed E-state index contributed by atoms with van der Waals surface area (Å²) < 4.78 is 13.8. The average molecular weight is 284 g/mol. The molecule has 0 saturated carbocycles. The van der Waals surface area contributed by atoms with Crippen molar-refractivity contribution < 1.29 is 14.0 Å². The summed E-state index contributed by atoms with van der Waals surface area (Å²) in [5.74, 6) is -2.10. The predicted molar refractivity (Wildman–Crippen MR) is 76.5 cm³/mol. The van der Waals surface area contributed by atoms with Crippen LogP contribution < -0.4 is 10.6 Å². The van der Waals surface area contributed by atoms with Crippen LogP contribution in [0.4, 0.5) is 10.1 Å². The Kier molecular flexibility index (Phi) is 3.17. The van der Waals surface area contributed by atoms with Crippen LogP contribution in [0.15, 0.2) is 48.5 Å². The van der Waals surface area contributed by atoms with Crippen LogP contribution in [-0.2, 0) is 4.79 Å². The van der Waals surface area contributed by atoms with E-state index in [9.17, 15) is 14.0 Å². The molecule has 1 heterocycles. The summed E-state index contributed by atoms with van der Waals surface area (Å²) in [5.41, 5.74) is 6.69. The molecule has 2 amide bonds. The molecule has 21 heavy (non-hydrogen) atoms. The minimum absolute atomic E-state index is 0.0163. The summed E-state index contributed by atoms with van der Waals surface area (Å²) in [6.07, 6.45) is 0. The lowest BCUT2D eigenvalue weighted by molar-refractivity contribution is -0.119. The van der Waals surface area contributed by atoms with Gasteiger partial charge >= 0.3 is 0 Å². The second-order valence-corrected chi connectivity index (χ2v) is 4.91. The fourth-order valence-corrected chi connectivity index (χ4v) is 2.62. The Balaban J connectivity index is 2.03. The summed E-state index contributed by atoms with van der Waals surface area (Å²) >= 11 is 0. The first-order chi connectivity index (χ1) is 10.1. The van der Waals surface area contributed by atoms with E-state index in [-0.39, 0.29) is 12.1 Å². The molecule has 1 aliphatic heterocycles. The van der Waals surface area contributed by atoms with E-state index in [1.807, 2.05) is 0 Å². The van der Waals surface area contributed by atoms with Gasteiger partial charge in [0.1, 0.15) is 5.82 Å². The highest BCUT2D eigenvalue weighted by Gasteiger charge is 2.36. The maximum Gasteiger partial charge on any atom is 0.261 e. The van der Waals surface area contributed by atoms with E-state index in [0.717, 1.165) is 0 Å². The second kappa shape index (κ2) is 5.01. The molecule has 4 nitrogen and oxygen atoms in total. The van der Waals surface area contributed by atoms with Gasteiger partial charge in [-0.3, -0.25) is 9.59 Å². The van der Waals surface area contributed by atoms with Gasteiger partial charge in [0.15, 0.2) is 0 Å². The predicted octanol–water partition coefficient (Wildman–Crippen LogP) is 2.05. The standard InChI is InChI=1S/C16H13FN2O2/c17-13-7-3-1-6-11(13)16(21)19-9-12(15(18)20)10-5-2-4-8-14(10)19/h1-8,12H,9H2,(H2,18,20). The van der Waals surface area contributed by atoms with Crippen LogP contribution in [0.3, 0.4) is 0 Å². The highest BCUT2D eigenvalue weighted by atomic mass is 19.1. The Morgan fingerprint density at radius 3 is 2.48 bits per heavy atom. The second-order valence-electron chi connectivity index (χ2n) is 4.91. The Hall–Kier alpha value is -2.69. The SMILES string of the molecule is NC(=O)C1CN(C(=O)c2ccccc2F)c2ccccc21. The highest BCUT2D eigenvalue weighted by molar-refractivity contribution is 6.09. The number of nitrogens with zero attached hydrogens (tertiary/aromatic N) is 1. The molecule has 2 N–H and O–H groups in total. The minimum atomic E-state index is -0.581. The smallest absolute Gasteiger partial charge is 0.261 e. The molecule has 1 atom stereocenters. The molecule has 5 heteroatoms. The van der Waals surface area contributed by atoms with Gasteiger partial charge in [-0.15, -0.1) is 0 Å². The van der Waals surface area contributed by atoms with E-state index in [0.29, 0.717) is 11.3 Å². The third-order valence-corrected chi connectivity index (χ3v) is 3.66. The zero-order valence-electron chi connectivity index (χ0n) is 11.1.